The molecule has 0 amide bonds. The molecule has 1 aliphatic rings. The predicted molar refractivity (Wildman–Crippen MR) is 84.4 cm³/mol. The fourth-order valence-electron chi connectivity index (χ4n) is 2.83. The average molecular weight is 296 g/mol. The molecule has 0 bridgehead atoms. The van der Waals surface area contributed by atoms with E-state index >= 15 is 0 Å². The normalized spacial score (nSPS) is 13.5. The van der Waals surface area contributed by atoms with Crippen molar-refractivity contribution in [2.75, 3.05) is 18.0 Å². The molecule has 0 fully saturated rings. The number of Topliss-reactive ketones (excluding diaryl/α,β-unsaturated/α-hetero) is 1. The van der Waals surface area contributed by atoms with Crippen LogP contribution in [-0.4, -0.2) is 23.8 Å². The van der Waals surface area contributed by atoms with Gasteiger partial charge in [-0.3, -0.25) is 14.9 Å². The maximum atomic E-state index is 12.4. The number of aryl methyl sites for hydroxylation is 1. The number of rotatable bonds is 4. The summed E-state index contributed by atoms with van der Waals surface area (Å²) >= 11 is 0. The van der Waals surface area contributed by atoms with Crippen molar-refractivity contribution < 1.29 is 9.72 Å². The maximum absolute atomic E-state index is 12.4. The number of ketones is 1. The van der Waals surface area contributed by atoms with E-state index in [0.717, 1.165) is 25.1 Å². The summed E-state index contributed by atoms with van der Waals surface area (Å²) in [6.45, 7) is 1.08. The third kappa shape index (κ3) is 2.83. The van der Waals surface area contributed by atoms with Crippen LogP contribution in [0, 0.1) is 10.1 Å². The molecule has 5 heteroatoms. The second kappa shape index (κ2) is 5.97. The molecule has 0 radical (unpaired) electrons. The number of anilines is 1. The first-order chi connectivity index (χ1) is 10.6. The second-order valence-electron chi connectivity index (χ2n) is 5.38. The minimum absolute atomic E-state index is 0.0510. The summed E-state index contributed by atoms with van der Waals surface area (Å²) < 4.78 is 0. The molecule has 0 spiro atoms. The smallest absolute Gasteiger partial charge is 0.270 e. The summed E-state index contributed by atoms with van der Waals surface area (Å²) in [6.07, 6.45) is 2.04. The number of non-ortho nitro benzene ring substituents is 1. The first-order valence-electron chi connectivity index (χ1n) is 7.25. The van der Waals surface area contributed by atoms with E-state index in [-0.39, 0.29) is 18.0 Å². The second-order valence-corrected chi connectivity index (χ2v) is 5.38. The number of hydrogen-bond donors (Lipinski definition) is 0. The van der Waals surface area contributed by atoms with Gasteiger partial charge < -0.3 is 4.90 Å². The van der Waals surface area contributed by atoms with E-state index in [1.54, 1.807) is 12.1 Å². The van der Waals surface area contributed by atoms with Gasteiger partial charge in [-0.05, 0) is 24.5 Å². The molecule has 0 unspecified atom stereocenters. The fourth-order valence-corrected chi connectivity index (χ4v) is 2.83. The van der Waals surface area contributed by atoms with Crippen LogP contribution in [0.15, 0.2) is 48.5 Å². The highest BCUT2D eigenvalue weighted by Crippen LogP contribution is 2.26. The van der Waals surface area contributed by atoms with Crippen LogP contribution in [0.25, 0.3) is 0 Å². The Labute approximate surface area is 128 Å². The van der Waals surface area contributed by atoms with Crippen LogP contribution in [0.4, 0.5) is 11.4 Å². The Bertz CT molecular complexity index is 727. The molecular formula is C17H16N2O3. The van der Waals surface area contributed by atoms with Gasteiger partial charge in [0.2, 0.25) is 0 Å². The molecule has 0 N–H and O–H groups in total. The molecule has 0 saturated heterocycles. The highest BCUT2D eigenvalue weighted by atomic mass is 16.6. The van der Waals surface area contributed by atoms with Crippen LogP contribution in [-0.2, 0) is 6.42 Å². The SMILES string of the molecule is O=C(CN1CCCc2ccccc21)c1cccc([N+](=O)[O-])c1. The van der Waals surface area contributed by atoms with Crippen molar-refractivity contribution >= 4 is 17.2 Å². The lowest BCUT2D eigenvalue weighted by Gasteiger charge is -2.30. The summed E-state index contributed by atoms with van der Waals surface area (Å²) in [6, 6.07) is 14.0. The van der Waals surface area contributed by atoms with Crippen LogP contribution in [0.2, 0.25) is 0 Å². The molecule has 5 nitrogen and oxygen atoms in total. The fraction of sp³-hybridized carbons (Fsp3) is 0.235. The largest absolute Gasteiger partial charge is 0.364 e. The number of nitro benzene ring substituents is 1. The first kappa shape index (κ1) is 14.3. The molecule has 0 aliphatic carbocycles. The monoisotopic (exact) mass is 296 g/mol. The van der Waals surface area contributed by atoms with Gasteiger partial charge in [0.15, 0.2) is 5.78 Å². The number of benzene rings is 2. The van der Waals surface area contributed by atoms with Crippen molar-refractivity contribution in [1.82, 2.24) is 0 Å². The molecule has 3 rings (SSSR count). The predicted octanol–water partition coefficient (Wildman–Crippen LogP) is 3.23. The Morgan fingerprint density at radius 2 is 2.00 bits per heavy atom. The van der Waals surface area contributed by atoms with Gasteiger partial charge in [-0.2, -0.15) is 0 Å². The zero-order valence-corrected chi connectivity index (χ0v) is 12.1. The average Bonchev–Trinajstić information content (AvgIpc) is 2.55. The van der Waals surface area contributed by atoms with E-state index in [1.807, 2.05) is 18.2 Å². The van der Waals surface area contributed by atoms with Crippen LogP contribution < -0.4 is 4.90 Å². The summed E-state index contributed by atoms with van der Waals surface area (Å²) in [7, 11) is 0. The molecule has 1 aliphatic heterocycles. The zero-order valence-electron chi connectivity index (χ0n) is 12.1. The molecule has 2 aromatic rings. The van der Waals surface area contributed by atoms with E-state index < -0.39 is 4.92 Å². The highest BCUT2D eigenvalue weighted by Gasteiger charge is 2.20. The standard InChI is InChI=1S/C17H16N2O3/c20-17(14-6-3-8-15(11-14)19(21)22)12-18-10-4-7-13-5-1-2-9-16(13)18/h1-3,5-6,8-9,11H,4,7,10,12H2. The Balaban J connectivity index is 1.81. The van der Waals surface area contributed by atoms with Crippen molar-refractivity contribution in [3.05, 3.63) is 69.8 Å². The van der Waals surface area contributed by atoms with Crippen molar-refractivity contribution in [2.24, 2.45) is 0 Å². The number of fused-ring (bicyclic) bond motifs is 1. The molecule has 0 atom stereocenters. The topological polar surface area (TPSA) is 63.5 Å². The molecule has 1 heterocycles. The molecule has 0 saturated carbocycles. The molecular weight excluding hydrogens is 280 g/mol. The Morgan fingerprint density at radius 1 is 1.18 bits per heavy atom. The van der Waals surface area contributed by atoms with Crippen molar-refractivity contribution in [1.29, 1.82) is 0 Å². The third-order valence-electron chi connectivity index (χ3n) is 3.92. The lowest BCUT2D eigenvalue weighted by Crippen LogP contribution is -2.34. The minimum atomic E-state index is -0.479. The van der Waals surface area contributed by atoms with E-state index in [0.29, 0.717) is 5.56 Å². The van der Waals surface area contributed by atoms with Gasteiger partial charge in [-0.15, -0.1) is 0 Å². The lowest BCUT2D eigenvalue weighted by molar-refractivity contribution is -0.384. The number of para-hydroxylation sites is 1. The van der Waals surface area contributed by atoms with Gasteiger partial charge in [0.05, 0.1) is 11.5 Å². The lowest BCUT2D eigenvalue weighted by atomic mass is 10.0. The molecule has 0 aromatic heterocycles. The van der Waals surface area contributed by atoms with E-state index in [1.165, 1.54) is 17.7 Å². The van der Waals surface area contributed by atoms with E-state index in [9.17, 15) is 14.9 Å². The van der Waals surface area contributed by atoms with Crippen LogP contribution >= 0.6 is 0 Å². The van der Waals surface area contributed by atoms with Crippen molar-refractivity contribution in [3.8, 4) is 0 Å². The summed E-state index contributed by atoms with van der Waals surface area (Å²) in [5.41, 5.74) is 2.68. The van der Waals surface area contributed by atoms with Gasteiger partial charge in [-0.25, -0.2) is 0 Å². The summed E-state index contributed by atoms with van der Waals surface area (Å²) in [5, 5.41) is 10.8. The van der Waals surface area contributed by atoms with Gasteiger partial charge >= 0.3 is 0 Å². The summed E-state index contributed by atoms with van der Waals surface area (Å²) in [5.74, 6) is -0.0968. The van der Waals surface area contributed by atoms with Gasteiger partial charge in [0.25, 0.3) is 5.69 Å². The first-order valence-corrected chi connectivity index (χ1v) is 7.25. The highest BCUT2D eigenvalue weighted by molar-refractivity contribution is 5.99. The Hall–Kier alpha value is -2.69. The number of nitrogens with zero attached hydrogens (tertiary/aromatic N) is 2. The molecule has 2 aromatic carbocycles. The van der Waals surface area contributed by atoms with Gasteiger partial charge in [-0.1, -0.05) is 30.3 Å². The third-order valence-corrected chi connectivity index (χ3v) is 3.92. The van der Waals surface area contributed by atoms with E-state index in [2.05, 4.69) is 11.0 Å². The van der Waals surface area contributed by atoms with Crippen LogP contribution in [0.5, 0.6) is 0 Å². The van der Waals surface area contributed by atoms with Crippen LogP contribution in [0.3, 0.4) is 0 Å². The van der Waals surface area contributed by atoms with E-state index in [4.69, 9.17) is 0 Å². The van der Waals surface area contributed by atoms with Crippen LogP contribution in [0.1, 0.15) is 22.3 Å². The van der Waals surface area contributed by atoms with Gasteiger partial charge in [0.1, 0.15) is 0 Å². The number of nitro groups is 1. The van der Waals surface area contributed by atoms with Gasteiger partial charge in [0, 0.05) is 29.9 Å². The number of carbonyl (C=O) groups is 1. The molecule has 22 heavy (non-hydrogen) atoms. The Kier molecular flexibility index (Phi) is 3.87. The van der Waals surface area contributed by atoms with Crippen molar-refractivity contribution in [3.63, 3.8) is 0 Å². The maximum Gasteiger partial charge on any atom is 0.270 e. The minimum Gasteiger partial charge on any atom is -0.364 e. The van der Waals surface area contributed by atoms with Crippen molar-refractivity contribution in [2.45, 2.75) is 12.8 Å². The quantitative estimate of drug-likeness (QED) is 0.493. The summed E-state index contributed by atoms with van der Waals surface area (Å²) in [4.78, 5) is 24.8. The molecule has 112 valence electrons. The number of hydrogen-bond acceptors (Lipinski definition) is 4. The zero-order chi connectivity index (χ0) is 15.5. The Morgan fingerprint density at radius 3 is 2.82 bits per heavy atom. The number of carbonyl (C=O) groups excluding carboxylic acids is 1.